The normalized spacial score (nSPS) is 32.5. The van der Waals surface area contributed by atoms with E-state index >= 15 is 0 Å². The highest BCUT2D eigenvalue weighted by Gasteiger charge is 2.56. The molecule has 0 aliphatic heterocycles. The van der Waals surface area contributed by atoms with Crippen molar-refractivity contribution in [3.63, 3.8) is 0 Å². The molecule has 164 valence electrons. The first kappa shape index (κ1) is 21.8. The number of fused-ring (bicyclic) bond motifs is 5. The predicted molar refractivity (Wildman–Crippen MR) is 122 cm³/mol. The van der Waals surface area contributed by atoms with Gasteiger partial charge in [0.1, 0.15) is 5.82 Å². The molecule has 3 aliphatic rings. The molecule has 3 nitrogen and oxygen atoms in total. The standard InChI is InChI=1S/C26H28FNO2.CH4/c1-26-10-9-21-20-8-6-19(27)13-16(20)5-7-22(21)23(26)14-18(24(26)29)12-15-3-2-4-17(11-15)25(28)30;/h2-4,6,8,11-13,21-24,29H,5,7,9-10,14H2,1H3,(H2,28,30);1H4/b18-12+;. The number of rotatable bonds is 2. The van der Waals surface area contributed by atoms with Gasteiger partial charge in [-0.1, -0.05) is 38.6 Å². The predicted octanol–water partition coefficient (Wildman–Crippen LogP) is 5.47. The minimum absolute atomic E-state index is 0. The van der Waals surface area contributed by atoms with Crippen molar-refractivity contribution in [2.24, 2.45) is 23.0 Å². The molecule has 3 N–H and O–H groups in total. The van der Waals surface area contributed by atoms with Crippen LogP contribution in [0.25, 0.3) is 6.08 Å². The molecule has 0 bridgehead atoms. The molecule has 4 heteroatoms. The quantitative estimate of drug-likeness (QED) is 0.675. The number of benzene rings is 2. The Hall–Kier alpha value is -2.46. The molecule has 0 saturated heterocycles. The number of aryl methyl sites for hydroxylation is 1. The zero-order valence-electron chi connectivity index (χ0n) is 17.3. The second-order valence-corrected chi connectivity index (χ2v) is 9.62. The van der Waals surface area contributed by atoms with Gasteiger partial charge in [0.15, 0.2) is 0 Å². The number of aliphatic hydroxyl groups is 1. The number of carbonyl (C=O) groups excluding carboxylic acids is 1. The fourth-order valence-electron chi connectivity index (χ4n) is 6.55. The van der Waals surface area contributed by atoms with Crippen LogP contribution >= 0.6 is 0 Å². The molecule has 2 aromatic rings. The fourth-order valence-corrected chi connectivity index (χ4v) is 6.55. The van der Waals surface area contributed by atoms with Crippen LogP contribution in [0.2, 0.25) is 0 Å². The number of primary amides is 1. The molecule has 0 aromatic heterocycles. The van der Waals surface area contributed by atoms with Gasteiger partial charge < -0.3 is 10.8 Å². The second kappa shape index (κ2) is 7.90. The molecule has 1 amide bonds. The lowest BCUT2D eigenvalue weighted by Crippen LogP contribution is -2.44. The Bertz CT molecular complexity index is 1050. The number of carbonyl (C=O) groups is 1. The molecule has 0 radical (unpaired) electrons. The van der Waals surface area contributed by atoms with Crippen LogP contribution in [0.15, 0.2) is 48.0 Å². The van der Waals surface area contributed by atoms with Crippen LogP contribution in [0.5, 0.6) is 0 Å². The van der Waals surface area contributed by atoms with Gasteiger partial charge in [-0.3, -0.25) is 4.79 Å². The van der Waals surface area contributed by atoms with Gasteiger partial charge >= 0.3 is 0 Å². The van der Waals surface area contributed by atoms with Crippen molar-refractivity contribution in [3.8, 4) is 0 Å². The first-order valence-corrected chi connectivity index (χ1v) is 10.9. The Kier molecular flexibility index (Phi) is 5.55. The number of halogens is 1. The molecule has 5 rings (SSSR count). The third-order valence-electron chi connectivity index (χ3n) is 8.08. The molecular formula is C27H32FNO2. The van der Waals surface area contributed by atoms with E-state index in [1.165, 1.54) is 5.56 Å². The maximum Gasteiger partial charge on any atom is 0.248 e. The van der Waals surface area contributed by atoms with Gasteiger partial charge in [0.2, 0.25) is 5.91 Å². The largest absolute Gasteiger partial charge is 0.388 e. The third-order valence-corrected chi connectivity index (χ3v) is 8.08. The van der Waals surface area contributed by atoms with E-state index in [4.69, 9.17) is 5.73 Å². The SMILES string of the molecule is C.CC12CCC3c4ccc(F)cc4CCC3C1C/C(=C\c1cccc(C(N)=O)c1)C2O. The van der Waals surface area contributed by atoms with Gasteiger partial charge in [0.05, 0.1) is 6.10 Å². The van der Waals surface area contributed by atoms with E-state index in [1.807, 2.05) is 24.3 Å². The van der Waals surface area contributed by atoms with Crippen LogP contribution < -0.4 is 5.73 Å². The first-order chi connectivity index (χ1) is 14.4. The van der Waals surface area contributed by atoms with E-state index in [9.17, 15) is 14.3 Å². The van der Waals surface area contributed by atoms with Crippen molar-refractivity contribution in [3.05, 3.63) is 76.1 Å². The monoisotopic (exact) mass is 421 g/mol. The molecule has 0 heterocycles. The van der Waals surface area contributed by atoms with Crippen molar-refractivity contribution in [1.29, 1.82) is 0 Å². The summed E-state index contributed by atoms with van der Waals surface area (Å²) >= 11 is 0. The van der Waals surface area contributed by atoms with Gasteiger partial charge in [-0.2, -0.15) is 0 Å². The number of aliphatic hydroxyl groups excluding tert-OH is 1. The Morgan fingerprint density at radius 2 is 2.03 bits per heavy atom. The Morgan fingerprint density at radius 1 is 1.23 bits per heavy atom. The molecule has 2 saturated carbocycles. The smallest absolute Gasteiger partial charge is 0.248 e. The zero-order chi connectivity index (χ0) is 21.0. The number of amides is 1. The lowest BCUT2D eigenvalue weighted by Gasteiger charge is -2.49. The topological polar surface area (TPSA) is 63.3 Å². The average Bonchev–Trinajstić information content (AvgIpc) is 2.98. The molecule has 0 spiro atoms. The Balaban J connectivity index is 0.00000231. The molecule has 2 aromatic carbocycles. The van der Waals surface area contributed by atoms with E-state index in [1.54, 1.807) is 24.3 Å². The van der Waals surface area contributed by atoms with E-state index in [2.05, 4.69) is 6.92 Å². The third kappa shape index (κ3) is 3.51. The van der Waals surface area contributed by atoms with Crippen molar-refractivity contribution in [2.75, 3.05) is 0 Å². The van der Waals surface area contributed by atoms with Crippen molar-refractivity contribution in [2.45, 2.75) is 58.5 Å². The Labute approximate surface area is 184 Å². The van der Waals surface area contributed by atoms with Crippen LogP contribution in [-0.4, -0.2) is 17.1 Å². The zero-order valence-corrected chi connectivity index (χ0v) is 17.3. The molecule has 5 atom stereocenters. The van der Waals surface area contributed by atoms with Crippen LogP contribution in [0.4, 0.5) is 4.39 Å². The maximum atomic E-state index is 13.7. The first-order valence-electron chi connectivity index (χ1n) is 10.9. The highest BCUT2D eigenvalue weighted by Crippen LogP contribution is 2.62. The summed E-state index contributed by atoms with van der Waals surface area (Å²) in [5.41, 5.74) is 10.2. The van der Waals surface area contributed by atoms with E-state index in [0.717, 1.165) is 48.8 Å². The summed E-state index contributed by atoms with van der Waals surface area (Å²) in [6.45, 7) is 2.24. The Morgan fingerprint density at radius 3 is 2.81 bits per heavy atom. The van der Waals surface area contributed by atoms with Gasteiger partial charge in [0, 0.05) is 11.0 Å². The van der Waals surface area contributed by atoms with E-state index < -0.39 is 12.0 Å². The number of hydrogen-bond donors (Lipinski definition) is 2. The van der Waals surface area contributed by atoms with Crippen molar-refractivity contribution >= 4 is 12.0 Å². The van der Waals surface area contributed by atoms with E-state index in [-0.39, 0.29) is 18.7 Å². The summed E-state index contributed by atoms with van der Waals surface area (Å²) in [5, 5.41) is 11.3. The minimum atomic E-state index is -0.477. The molecule has 5 unspecified atom stereocenters. The van der Waals surface area contributed by atoms with Crippen LogP contribution in [0, 0.1) is 23.1 Å². The molecule has 2 fully saturated rings. The summed E-state index contributed by atoms with van der Waals surface area (Å²) in [6.07, 6.45) is 6.41. The summed E-state index contributed by atoms with van der Waals surface area (Å²) in [5.74, 6) is 0.793. The lowest BCUT2D eigenvalue weighted by molar-refractivity contribution is -0.0158. The summed E-state index contributed by atoms with van der Waals surface area (Å²) in [6, 6.07) is 12.6. The summed E-state index contributed by atoms with van der Waals surface area (Å²) < 4.78 is 13.7. The molecular weight excluding hydrogens is 389 g/mol. The second-order valence-electron chi connectivity index (χ2n) is 9.62. The summed E-state index contributed by atoms with van der Waals surface area (Å²) in [7, 11) is 0. The fraction of sp³-hybridized carbons (Fsp3) is 0.444. The average molecular weight is 422 g/mol. The van der Waals surface area contributed by atoms with Crippen molar-refractivity contribution < 1.29 is 14.3 Å². The van der Waals surface area contributed by atoms with Crippen LogP contribution in [-0.2, 0) is 6.42 Å². The number of hydrogen-bond acceptors (Lipinski definition) is 2. The number of nitrogens with two attached hydrogens (primary N) is 1. The van der Waals surface area contributed by atoms with Gasteiger partial charge in [-0.25, -0.2) is 4.39 Å². The van der Waals surface area contributed by atoms with Gasteiger partial charge in [-0.15, -0.1) is 0 Å². The van der Waals surface area contributed by atoms with E-state index in [0.29, 0.717) is 23.3 Å². The highest BCUT2D eigenvalue weighted by atomic mass is 19.1. The van der Waals surface area contributed by atoms with Gasteiger partial charge in [0.25, 0.3) is 0 Å². The minimum Gasteiger partial charge on any atom is -0.388 e. The maximum absolute atomic E-state index is 13.7. The molecule has 31 heavy (non-hydrogen) atoms. The molecule has 3 aliphatic carbocycles. The van der Waals surface area contributed by atoms with Gasteiger partial charge in [-0.05, 0) is 96.4 Å². The van der Waals surface area contributed by atoms with Crippen LogP contribution in [0.3, 0.4) is 0 Å². The highest BCUT2D eigenvalue weighted by molar-refractivity contribution is 5.93. The van der Waals surface area contributed by atoms with Crippen LogP contribution in [0.1, 0.15) is 73.0 Å². The van der Waals surface area contributed by atoms with Crippen molar-refractivity contribution in [1.82, 2.24) is 0 Å². The summed E-state index contributed by atoms with van der Waals surface area (Å²) in [4.78, 5) is 11.5. The lowest BCUT2D eigenvalue weighted by atomic mass is 9.55.